The summed E-state index contributed by atoms with van der Waals surface area (Å²) in [4.78, 5) is 11.6. The van der Waals surface area contributed by atoms with E-state index in [2.05, 4.69) is 20.4 Å². The highest BCUT2D eigenvalue weighted by Gasteiger charge is 2.25. The van der Waals surface area contributed by atoms with E-state index in [0.29, 0.717) is 12.5 Å². The first-order valence-electron chi connectivity index (χ1n) is 5.48. The number of rotatable bonds is 7. The van der Waals surface area contributed by atoms with Crippen molar-refractivity contribution in [2.24, 2.45) is 11.8 Å². The number of esters is 1. The van der Waals surface area contributed by atoms with E-state index in [1.165, 1.54) is 0 Å². The Morgan fingerprint density at radius 1 is 1.29 bits per heavy atom. The summed E-state index contributed by atoms with van der Waals surface area (Å²) >= 11 is 0. The van der Waals surface area contributed by atoms with Crippen molar-refractivity contribution in [2.45, 2.75) is 40.0 Å². The average Bonchev–Trinajstić information content (AvgIpc) is 2.22. The Bertz CT molecular complexity index is 171. The van der Waals surface area contributed by atoms with Gasteiger partial charge in [0.25, 0.3) is 0 Å². The summed E-state index contributed by atoms with van der Waals surface area (Å²) in [5, 5.41) is 0. The Balaban J connectivity index is 4.22. The number of hydrogen-bond donors (Lipinski definition) is 0. The molecule has 1 atom stereocenters. The number of ether oxygens (including phenoxy) is 1. The van der Waals surface area contributed by atoms with Gasteiger partial charge in [0.1, 0.15) is 6.61 Å². The number of carbonyl (C=O) groups is 1. The van der Waals surface area contributed by atoms with Crippen LogP contribution in [0, 0.1) is 11.8 Å². The normalized spacial score (nSPS) is 12.6. The molecule has 0 heterocycles. The van der Waals surface area contributed by atoms with Gasteiger partial charge < -0.3 is 4.74 Å². The van der Waals surface area contributed by atoms with Crippen LogP contribution in [0.5, 0.6) is 0 Å². The van der Waals surface area contributed by atoms with Crippen molar-refractivity contribution in [3.8, 4) is 0 Å². The van der Waals surface area contributed by atoms with Crippen molar-refractivity contribution in [3.63, 3.8) is 0 Å². The van der Waals surface area contributed by atoms with E-state index in [1.54, 1.807) is 6.08 Å². The summed E-state index contributed by atoms with van der Waals surface area (Å²) < 4.78 is 5.07. The fraction of sp³-hybridized carbons (Fsp3) is 0.750. The molecule has 0 N–H and O–H groups in total. The van der Waals surface area contributed by atoms with Crippen LogP contribution in [0.4, 0.5) is 0 Å². The molecule has 0 aliphatic rings. The van der Waals surface area contributed by atoms with Gasteiger partial charge in [0.05, 0.1) is 5.92 Å². The lowest BCUT2D eigenvalue weighted by Gasteiger charge is -2.21. The van der Waals surface area contributed by atoms with Crippen LogP contribution in [-0.2, 0) is 9.53 Å². The van der Waals surface area contributed by atoms with Crippen LogP contribution >= 0.6 is 0 Å². The number of carbonyl (C=O) groups excluding carboxylic acids is 1. The highest BCUT2D eigenvalue weighted by atomic mass is 16.5. The molecule has 0 aliphatic heterocycles. The predicted octanol–water partition coefficient (Wildman–Crippen LogP) is 3.18. The van der Waals surface area contributed by atoms with Gasteiger partial charge in [-0.05, 0) is 12.3 Å². The fourth-order valence-corrected chi connectivity index (χ4v) is 1.80. The van der Waals surface area contributed by atoms with Gasteiger partial charge in [-0.1, -0.05) is 46.3 Å². The molecule has 0 aromatic carbocycles. The zero-order valence-electron chi connectivity index (χ0n) is 9.58. The van der Waals surface area contributed by atoms with E-state index in [9.17, 15) is 4.79 Å². The fourth-order valence-electron chi connectivity index (χ4n) is 1.80. The van der Waals surface area contributed by atoms with Crippen molar-refractivity contribution in [1.29, 1.82) is 0 Å². The van der Waals surface area contributed by atoms with Gasteiger partial charge in [0.2, 0.25) is 0 Å². The quantitative estimate of drug-likeness (QED) is 0.464. The second kappa shape index (κ2) is 7.60. The molecule has 0 spiro atoms. The molecule has 0 radical (unpaired) electrons. The zero-order valence-corrected chi connectivity index (χ0v) is 9.58. The molecule has 0 saturated heterocycles. The van der Waals surface area contributed by atoms with Gasteiger partial charge in [-0.3, -0.25) is 4.79 Å². The summed E-state index contributed by atoms with van der Waals surface area (Å²) in [5.74, 6) is 0.448. The molecule has 0 rings (SSSR count). The Kier molecular flexibility index (Phi) is 7.17. The molecule has 14 heavy (non-hydrogen) atoms. The summed E-state index contributed by atoms with van der Waals surface area (Å²) in [6.07, 6.45) is 4.55. The third kappa shape index (κ3) is 3.95. The minimum absolute atomic E-state index is 0.0601. The molecule has 2 nitrogen and oxygen atoms in total. The highest BCUT2D eigenvalue weighted by Crippen LogP contribution is 2.23. The average molecular weight is 198 g/mol. The van der Waals surface area contributed by atoms with Crippen LogP contribution in [0.2, 0.25) is 0 Å². The van der Waals surface area contributed by atoms with Gasteiger partial charge in [-0.15, -0.1) is 0 Å². The smallest absolute Gasteiger partial charge is 0.309 e. The molecule has 0 saturated carbocycles. The number of hydrogen-bond acceptors (Lipinski definition) is 2. The summed E-state index contributed by atoms with van der Waals surface area (Å²) in [7, 11) is 0. The van der Waals surface area contributed by atoms with E-state index in [1.807, 2.05) is 6.92 Å². The molecular formula is C12H22O2. The molecule has 0 bridgehead atoms. The topological polar surface area (TPSA) is 26.3 Å². The highest BCUT2D eigenvalue weighted by molar-refractivity contribution is 5.72. The molecular weight excluding hydrogens is 176 g/mol. The Morgan fingerprint density at radius 2 is 1.86 bits per heavy atom. The van der Waals surface area contributed by atoms with Crippen molar-refractivity contribution in [3.05, 3.63) is 12.7 Å². The van der Waals surface area contributed by atoms with Crippen LogP contribution in [-0.4, -0.2) is 12.6 Å². The summed E-state index contributed by atoms with van der Waals surface area (Å²) in [5.41, 5.74) is 0. The lowest BCUT2D eigenvalue weighted by atomic mass is 9.86. The van der Waals surface area contributed by atoms with Crippen molar-refractivity contribution < 1.29 is 9.53 Å². The van der Waals surface area contributed by atoms with Crippen LogP contribution in [0.15, 0.2) is 12.7 Å². The molecule has 82 valence electrons. The van der Waals surface area contributed by atoms with Crippen molar-refractivity contribution in [2.75, 3.05) is 6.61 Å². The first-order chi connectivity index (χ1) is 6.71. The van der Waals surface area contributed by atoms with E-state index in [4.69, 9.17) is 4.74 Å². The molecule has 2 heteroatoms. The first-order valence-corrected chi connectivity index (χ1v) is 5.48. The second-order valence-electron chi connectivity index (χ2n) is 3.51. The largest absolute Gasteiger partial charge is 0.461 e. The van der Waals surface area contributed by atoms with E-state index >= 15 is 0 Å². The minimum Gasteiger partial charge on any atom is -0.461 e. The first kappa shape index (κ1) is 13.2. The molecule has 0 amide bonds. The Morgan fingerprint density at radius 3 is 2.21 bits per heavy atom. The predicted molar refractivity (Wildman–Crippen MR) is 59.0 cm³/mol. The monoisotopic (exact) mass is 198 g/mol. The molecule has 1 unspecified atom stereocenters. The van der Waals surface area contributed by atoms with Crippen molar-refractivity contribution >= 4 is 5.97 Å². The third-order valence-corrected chi connectivity index (χ3v) is 2.70. The lowest BCUT2D eigenvalue weighted by Crippen LogP contribution is -2.24. The molecule has 0 aliphatic carbocycles. The standard InChI is InChI=1S/C12H22O2/c1-5-9-14-12(13)11(8-4)10(6-2)7-3/h5,10-11H,1,6-9H2,2-4H3. The summed E-state index contributed by atoms with van der Waals surface area (Å²) in [6.45, 7) is 10.1. The van der Waals surface area contributed by atoms with Crippen molar-refractivity contribution in [1.82, 2.24) is 0 Å². The van der Waals surface area contributed by atoms with Gasteiger partial charge in [0, 0.05) is 0 Å². The van der Waals surface area contributed by atoms with Crippen LogP contribution in [0.25, 0.3) is 0 Å². The minimum atomic E-state index is -0.0684. The van der Waals surface area contributed by atoms with Crippen LogP contribution in [0.3, 0.4) is 0 Å². The van der Waals surface area contributed by atoms with Gasteiger partial charge in [0.15, 0.2) is 0 Å². The van der Waals surface area contributed by atoms with Crippen LogP contribution < -0.4 is 0 Å². The maximum atomic E-state index is 11.6. The summed E-state index contributed by atoms with van der Waals surface area (Å²) in [6, 6.07) is 0. The maximum Gasteiger partial charge on any atom is 0.309 e. The van der Waals surface area contributed by atoms with Crippen LogP contribution in [0.1, 0.15) is 40.0 Å². The molecule has 0 fully saturated rings. The lowest BCUT2D eigenvalue weighted by molar-refractivity contribution is -0.149. The van der Waals surface area contributed by atoms with Gasteiger partial charge in [-0.25, -0.2) is 0 Å². The second-order valence-corrected chi connectivity index (χ2v) is 3.51. The third-order valence-electron chi connectivity index (χ3n) is 2.70. The molecule has 0 aromatic rings. The zero-order chi connectivity index (χ0) is 11.0. The van der Waals surface area contributed by atoms with Gasteiger partial charge in [-0.2, -0.15) is 0 Å². The Hall–Kier alpha value is -0.790. The molecule has 0 aromatic heterocycles. The van der Waals surface area contributed by atoms with E-state index < -0.39 is 0 Å². The van der Waals surface area contributed by atoms with E-state index in [-0.39, 0.29) is 11.9 Å². The van der Waals surface area contributed by atoms with E-state index in [0.717, 1.165) is 19.3 Å². The van der Waals surface area contributed by atoms with Gasteiger partial charge >= 0.3 is 5.97 Å². The Labute approximate surface area is 87.3 Å². The maximum absolute atomic E-state index is 11.6. The SMILES string of the molecule is C=CCOC(=O)C(CC)C(CC)CC.